The number of aldehydes is 1. The van der Waals surface area contributed by atoms with E-state index in [9.17, 15) is 15.0 Å². The fraction of sp³-hybridized carbons (Fsp3) is 0.900. The maximum absolute atomic E-state index is 12.6. The first-order valence-corrected chi connectivity index (χ1v) is 13.7. The molecular weight excluding hydrogens is 408 g/mol. The number of rotatable bonds is 1. The maximum Gasteiger partial charge on any atom is 0.129 e. The molecule has 0 radical (unpaired) electrons. The summed E-state index contributed by atoms with van der Waals surface area (Å²) >= 11 is 0. The van der Waals surface area contributed by atoms with Gasteiger partial charge in [-0.3, -0.25) is 0 Å². The number of hydrogen-bond acceptors (Lipinski definition) is 3. The molecule has 5 rings (SSSR count). The number of allylic oxidation sites excluding steroid dienone is 2. The molecular formula is C30H48O3. The van der Waals surface area contributed by atoms with E-state index in [4.69, 9.17) is 0 Å². The van der Waals surface area contributed by atoms with Gasteiger partial charge in [0.2, 0.25) is 0 Å². The van der Waals surface area contributed by atoms with Crippen molar-refractivity contribution in [2.75, 3.05) is 0 Å². The average molecular weight is 457 g/mol. The fourth-order valence-electron chi connectivity index (χ4n) is 10.6. The van der Waals surface area contributed by atoms with E-state index in [0.717, 1.165) is 57.7 Å². The van der Waals surface area contributed by atoms with E-state index in [1.165, 1.54) is 5.57 Å². The molecule has 3 heteroatoms. The number of fused-ring (bicyclic) bond motifs is 7. The third-order valence-corrected chi connectivity index (χ3v) is 13.0. The zero-order valence-corrected chi connectivity index (χ0v) is 22.2. The summed E-state index contributed by atoms with van der Waals surface area (Å²) < 4.78 is 0. The second kappa shape index (κ2) is 6.96. The lowest BCUT2D eigenvalue weighted by Gasteiger charge is -2.71. The number of hydrogen-bond donors (Lipinski definition) is 2. The van der Waals surface area contributed by atoms with Crippen LogP contribution in [0.15, 0.2) is 11.6 Å². The number of aliphatic hydroxyl groups is 2. The highest BCUT2D eigenvalue weighted by Gasteiger charge is 2.69. The number of carbonyl (C=O) groups is 1. The monoisotopic (exact) mass is 456 g/mol. The van der Waals surface area contributed by atoms with Crippen molar-refractivity contribution < 1.29 is 15.0 Å². The summed E-state index contributed by atoms with van der Waals surface area (Å²) in [6, 6.07) is 0. The van der Waals surface area contributed by atoms with Crippen molar-refractivity contribution in [3.8, 4) is 0 Å². The Kier molecular flexibility index (Phi) is 5.07. The van der Waals surface area contributed by atoms with E-state index in [1.54, 1.807) is 0 Å². The highest BCUT2D eigenvalue weighted by Crippen LogP contribution is 2.75. The van der Waals surface area contributed by atoms with Gasteiger partial charge >= 0.3 is 0 Å². The van der Waals surface area contributed by atoms with E-state index in [0.29, 0.717) is 18.3 Å². The van der Waals surface area contributed by atoms with Crippen molar-refractivity contribution in [3.63, 3.8) is 0 Å². The molecule has 0 aliphatic heterocycles. The van der Waals surface area contributed by atoms with Crippen LogP contribution in [0.3, 0.4) is 0 Å². The van der Waals surface area contributed by atoms with Crippen molar-refractivity contribution in [1.29, 1.82) is 0 Å². The summed E-state index contributed by atoms with van der Waals surface area (Å²) in [5.74, 6) is 1.25. The van der Waals surface area contributed by atoms with Gasteiger partial charge in [-0.2, -0.15) is 0 Å². The van der Waals surface area contributed by atoms with Gasteiger partial charge in [0.1, 0.15) is 6.29 Å². The Morgan fingerprint density at radius 3 is 2.21 bits per heavy atom. The van der Waals surface area contributed by atoms with Gasteiger partial charge in [0.25, 0.3) is 0 Å². The fourth-order valence-corrected chi connectivity index (χ4v) is 10.6. The Hall–Kier alpha value is -0.670. The van der Waals surface area contributed by atoms with Crippen LogP contribution in [0.1, 0.15) is 106 Å². The van der Waals surface area contributed by atoms with Crippen LogP contribution < -0.4 is 0 Å². The Balaban J connectivity index is 1.62. The van der Waals surface area contributed by atoms with Gasteiger partial charge in [-0.15, -0.1) is 0 Å². The smallest absolute Gasteiger partial charge is 0.129 e. The molecule has 33 heavy (non-hydrogen) atoms. The summed E-state index contributed by atoms with van der Waals surface area (Å²) in [7, 11) is 0. The Morgan fingerprint density at radius 2 is 1.55 bits per heavy atom. The molecule has 9 atom stereocenters. The second-order valence-corrected chi connectivity index (χ2v) is 15.0. The third-order valence-electron chi connectivity index (χ3n) is 13.0. The van der Waals surface area contributed by atoms with Crippen LogP contribution in [0.2, 0.25) is 0 Å². The van der Waals surface area contributed by atoms with Crippen molar-refractivity contribution in [2.45, 2.75) is 118 Å². The van der Waals surface area contributed by atoms with Gasteiger partial charge < -0.3 is 15.0 Å². The van der Waals surface area contributed by atoms with Gasteiger partial charge in [0.15, 0.2) is 0 Å². The highest BCUT2D eigenvalue weighted by molar-refractivity contribution is 5.64. The lowest BCUT2D eigenvalue weighted by atomic mass is 9.33. The molecule has 0 unspecified atom stereocenters. The largest absolute Gasteiger partial charge is 0.393 e. The van der Waals surface area contributed by atoms with Gasteiger partial charge in [0.05, 0.1) is 17.6 Å². The SMILES string of the molecule is CC1(C)CC[C@]2(C=O)[C@H](O)C[C@]3(C)C(=CC[C@H]4[C@@]5(C)CC[C@H](O)C(C)(C)[C@H]5CC[C@]43C)[C@@H]2C1. The minimum Gasteiger partial charge on any atom is -0.393 e. The average Bonchev–Trinajstić information content (AvgIpc) is 2.71. The van der Waals surface area contributed by atoms with Crippen LogP contribution in [-0.2, 0) is 4.79 Å². The molecule has 0 amide bonds. The minimum absolute atomic E-state index is 0.0502. The lowest BCUT2D eigenvalue weighted by molar-refractivity contribution is -0.213. The molecule has 0 saturated heterocycles. The van der Waals surface area contributed by atoms with Gasteiger partial charge in [-0.05, 0) is 103 Å². The van der Waals surface area contributed by atoms with E-state index in [-0.39, 0.29) is 39.1 Å². The first-order chi connectivity index (χ1) is 15.2. The zero-order valence-electron chi connectivity index (χ0n) is 22.2. The Bertz CT molecular complexity index is 872. The van der Waals surface area contributed by atoms with Crippen molar-refractivity contribution >= 4 is 6.29 Å². The van der Waals surface area contributed by atoms with Crippen molar-refractivity contribution in [1.82, 2.24) is 0 Å². The second-order valence-electron chi connectivity index (χ2n) is 15.0. The summed E-state index contributed by atoms with van der Waals surface area (Å²) in [5, 5.41) is 22.5. The molecule has 0 aromatic carbocycles. The molecule has 5 aliphatic rings. The summed E-state index contributed by atoms with van der Waals surface area (Å²) in [4.78, 5) is 12.6. The summed E-state index contributed by atoms with van der Waals surface area (Å²) in [6.07, 6.45) is 11.9. The molecule has 4 fully saturated rings. The van der Waals surface area contributed by atoms with Crippen LogP contribution >= 0.6 is 0 Å². The zero-order chi connectivity index (χ0) is 24.2. The molecule has 186 valence electrons. The molecule has 3 nitrogen and oxygen atoms in total. The van der Waals surface area contributed by atoms with Gasteiger partial charge in [-0.1, -0.05) is 60.1 Å². The van der Waals surface area contributed by atoms with E-state index in [1.807, 2.05) is 0 Å². The summed E-state index contributed by atoms with van der Waals surface area (Å²) in [6.45, 7) is 16.8. The molecule has 0 heterocycles. The predicted molar refractivity (Wildman–Crippen MR) is 132 cm³/mol. The van der Waals surface area contributed by atoms with Crippen LogP contribution in [0.25, 0.3) is 0 Å². The summed E-state index contributed by atoms with van der Waals surface area (Å²) in [5.41, 5.74) is 1.31. The number of aliphatic hydroxyl groups excluding tert-OH is 2. The minimum atomic E-state index is -0.595. The normalized spacial score (nSPS) is 54.7. The molecule has 0 aromatic heterocycles. The van der Waals surface area contributed by atoms with Crippen LogP contribution in [0.4, 0.5) is 0 Å². The first-order valence-electron chi connectivity index (χ1n) is 13.7. The third kappa shape index (κ3) is 2.85. The van der Waals surface area contributed by atoms with E-state index >= 15 is 0 Å². The predicted octanol–water partition coefficient (Wildman–Crippen LogP) is 6.32. The van der Waals surface area contributed by atoms with Crippen molar-refractivity contribution in [3.05, 3.63) is 11.6 Å². The molecule has 5 aliphatic carbocycles. The van der Waals surface area contributed by atoms with Crippen molar-refractivity contribution in [2.24, 2.45) is 50.2 Å². The van der Waals surface area contributed by atoms with Gasteiger partial charge in [-0.25, -0.2) is 0 Å². The Morgan fingerprint density at radius 1 is 0.848 bits per heavy atom. The standard InChI is InChI=1S/C30H48O3/c1-25(2)14-15-30(18-31)20(16-25)19-8-9-22-27(5)12-11-23(32)26(3,4)21(27)10-13-28(22,6)29(19,7)17-24(30)33/h8,18,20-24,32-33H,9-17H2,1-7H3/t20-,21+,22-,23-,24+,27-,28+,29+,30+/m0/s1. The van der Waals surface area contributed by atoms with E-state index in [2.05, 4.69) is 54.5 Å². The number of carbonyl (C=O) groups excluding carboxylic acids is 1. The Labute approximate surface area is 201 Å². The molecule has 4 saturated carbocycles. The lowest BCUT2D eigenvalue weighted by Crippen LogP contribution is -2.66. The quantitative estimate of drug-likeness (QED) is 0.359. The van der Waals surface area contributed by atoms with Crippen LogP contribution in [0.5, 0.6) is 0 Å². The van der Waals surface area contributed by atoms with Crippen LogP contribution in [-0.4, -0.2) is 28.7 Å². The van der Waals surface area contributed by atoms with Gasteiger partial charge in [0, 0.05) is 0 Å². The van der Waals surface area contributed by atoms with Crippen LogP contribution in [0, 0.1) is 50.2 Å². The molecule has 0 bridgehead atoms. The van der Waals surface area contributed by atoms with E-state index < -0.39 is 11.5 Å². The molecule has 0 spiro atoms. The topological polar surface area (TPSA) is 57.5 Å². The first kappa shape index (κ1) is 24.0. The highest BCUT2D eigenvalue weighted by atomic mass is 16.3. The molecule has 2 N–H and O–H groups in total. The molecule has 0 aromatic rings. The maximum atomic E-state index is 12.6.